The van der Waals surface area contributed by atoms with Crippen LogP contribution < -0.4 is 5.32 Å². The van der Waals surface area contributed by atoms with E-state index in [0.29, 0.717) is 0 Å². The molecule has 0 saturated heterocycles. The molecule has 4 nitrogen and oxygen atoms in total. The molecule has 0 amide bonds. The van der Waals surface area contributed by atoms with Crippen molar-refractivity contribution in [3.8, 4) is 0 Å². The van der Waals surface area contributed by atoms with Gasteiger partial charge in [0, 0.05) is 33.3 Å². The third-order valence-electron chi connectivity index (χ3n) is 3.34. The van der Waals surface area contributed by atoms with Gasteiger partial charge in [0.15, 0.2) is 5.96 Å². The Balaban J connectivity index is 0.00000361. The number of unbranched alkanes of at least 4 members (excludes halogenated alkanes) is 2. The fourth-order valence-electron chi connectivity index (χ4n) is 1.86. The maximum absolute atomic E-state index is 5.68. The summed E-state index contributed by atoms with van der Waals surface area (Å²) in [6.45, 7) is 8.82. The van der Waals surface area contributed by atoms with Crippen molar-refractivity contribution < 1.29 is 4.74 Å². The van der Waals surface area contributed by atoms with Gasteiger partial charge in [-0.1, -0.05) is 19.8 Å². The monoisotopic (exact) mass is 397 g/mol. The highest BCUT2D eigenvalue weighted by Crippen LogP contribution is 2.28. The molecule has 1 aliphatic rings. The molecule has 1 aliphatic carbocycles. The summed E-state index contributed by atoms with van der Waals surface area (Å²) < 4.78 is 5.68. The molecule has 0 aromatic carbocycles. The van der Waals surface area contributed by atoms with Crippen LogP contribution in [0.3, 0.4) is 0 Å². The summed E-state index contributed by atoms with van der Waals surface area (Å²) in [5.74, 6) is 1.86. The lowest BCUT2D eigenvalue weighted by Gasteiger charge is -2.22. The lowest BCUT2D eigenvalue weighted by atomic mass is 10.2. The van der Waals surface area contributed by atoms with Gasteiger partial charge in [0.25, 0.3) is 0 Å². The van der Waals surface area contributed by atoms with Crippen LogP contribution in [-0.4, -0.2) is 50.8 Å². The molecule has 5 heteroatoms. The van der Waals surface area contributed by atoms with Crippen molar-refractivity contribution in [2.45, 2.75) is 46.0 Å². The van der Waals surface area contributed by atoms with E-state index in [1.165, 1.54) is 32.1 Å². The molecule has 0 aromatic heterocycles. The standard InChI is InChI=1S/C15H31N3O.HI/c1-4-6-7-10-17-15(16-5-2)18(3)11-12-19-13-14-8-9-14;/h14H,4-13H2,1-3H3,(H,16,17);1H. The van der Waals surface area contributed by atoms with Gasteiger partial charge in [-0.3, -0.25) is 4.99 Å². The molecular formula is C15H32IN3O. The lowest BCUT2D eigenvalue weighted by molar-refractivity contribution is 0.115. The molecule has 1 rings (SSSR count). The van der Waals surface area contributed by atoms with Crippen molar-refractivity contribution in [2.75, 3.05) is 39.9 Å². The van der Waals surface area contributed by atoms with Crippen LogP contribution in [-0.2, 0) is 4.74 Å². The first-order valence-electron chi connectivity index (χ1n) is 7.85. The average molecular weight is 397 g/mol. The van der Waals surface area contributed by atoms with E-state index < -0.39 is 0 Å². The summed E-state index contributed by atoms with van der Waals surface area (Å²) in [6, 6.07) is 0. The minimum absolute atomic E-state index is 0. The Morgan fingerprint density at radius 3 is 2.65 bits per heavy atom. The van der Waals surface area contributed by atoms with Crippen molar-refractivity contribution in [1.29, 1.82) is 0 Å². The molecular weight excluding hydrogens is 365 g/mol. The smallest absolute Gasteiger partial charge is 0.193 e. The van der Waals surface area contributed by atoms with Gasteiger partial charge in [-0.05, 0) is 32.1 Å². The number of likely N-dealkylation sites (N-methyl/N-ethyl adjacent to an activating group) is 1. The first-order chi connectivity index (χ1) is 9.27. The Labute approximate surface area is 141 Å². The Bertz CT molecular complexity index is 258. The summed E-state index contributed by atoms with van der Waals surface area (Å²) in [5.41, 5.74) is 0. The van der Waals surface area contributed by atoms with Gasteiger partial charge in [0.2, 0.25) is 0 Å². The molecule has 0 unspecified atom stereocenters. The molecule has 20 heavy (non-hydrogen) atoms. The number of nitrogens with zero attached hydrogens (tertiary/aromatic N) is 2. The second kappa shape index (κ2) is 12.7. The molecule has 0 heterocycles. The summed E-state index contributed by atoms with van der Waals surface area (Å²) in [7, 11) is 2.09. The first-order valence-corrected chi connectivity index (χ1v) is 7.85. The normalized spacial score (nSPS) is 14.8. The molecule has 0 bridgehead atoms. The number of halogens is 1. The Morgan fingerprint density at radius 1 is 1.30 bits per heavy atom. The van der Waals surface area contributed by atoms with E-state index in [4.69, 9.17) is 4.74 Å². The molecule has 0 aromatic rings. The van der Waals surface area contributed by atoms with Crippen LogP contribution in [0.25, 0.3) is 0 Å². The molecule has 120 valence electrons. The van der Waals surface area contributed by atoms with Gasteiger partial charge >= 0.3 is 0 Å². The Hall–Kier alpha value is -0.0400. The maximum atomic E-state index is 5.68. The Kier molecular flexibility index (Phi) is 12.7. The van der Waals surface area contributed by atoms with Gasteiger partial charge in [0.05, 0.1) is 6.61 Å². The third-order valence-corrected chi connectivity index (χ3v) is 3.34. The summed E-state index contributed by atoms with van der Waals surface area (Å²) in [6.07, 6.45) is 6.40. The zero-order valence-electron chi connectivity index (χ0n) is 13.4. The zero-order valence-corrected chi connectivity index (χ0v) is 15.7. The van der Waals surface area contributed by atoms with E-state index in [2.05, 4.69) is 36.1 Å². The predicted molar refractivity (Wildman–Crippen MR) is 97.1 cm³/mol. The lowest BCUT2D eigenvalue weighted by Crippen LogP contribution is -2.40. The fraction of sp³-hybridized carbons (Fsp3) is 0.933. The van der Waals surface area contributed by atoms with Gasteiger partial charge in [0.1, 0.15) is 0 Å². The molecule has 0 radical (unpaired) electrons. The van der Waals surface area contributed by atoms with Crippen LogP contribution in [0, 0.1) is 5.92 Å². The second-order valence-electron chi connectivity index (χ2n) is 5.38. The highest BCUT2D eigenvalue weighted by atomic mass is 127. The number of aliphatic imine (C=N–C) groups is 1. The highest BCUT2D eigenvalue weighted by molar-refractivity contribution is 14.0. The molecule has 0 atom stereocenters. The van der Waals surface area contributed by atoms with E-state index in [0.717, 1.165) is 44.7 Å². The van der Waals surface area contributed by atoms with Crippen LogP contribution in [0.1, 0.15) is 46.0 Å². The van der Waals surface area contributed by atoms with Gasteiger partial charge in [-0.25, -0.2) is 0 Å². The van der Waals surface area contributed by atoms with Crippen LogP contribution >= 0.6 is 24.0 Å². The van der Waals surface area contributed by atoms with Gasteiger partial charge in [-0.15, -0.1) is 24.0 Å². The van der Waals surface area contributed by atoms with Crippen LogP contribution in [0.15, 0.2) is 4.99 Å². The number of ether oxygens (including phenoxy) is 1. The maximum Gasteiger partial charge on any atom is 0.193 e. The molecule has 1 fully saturated rings. The van der Waals surface area contributed by atoms with Crippen molar-refractivity contribution in [1.82, 2.24) is 10.2 Å². The molecule has 0 aliphatic heterocycles. The van der Waals surface area contributed by atoms with Crippen molar-refractivity contribution in [3.05, 3.63) is 0 Å². The SMILES string of the molecule is CCCCCN=C(NCC)N(C)CCOCC1CC1.I. The van der Waals surface area contributed by atoms with Crippen molar-refractivity contribution in [3.63, 3.8) is 0 Å². The molecule has 1 N–H and O–H groups in total. The number of guanidine groups is 1. The largest absolute Gasteiger partial charge is 0.379 e. The number of rotatable bonds is 10. The zero-order chi connectivity index (χ0) is 13.9. The second-order valence-corrected chi connectivity index (χ2v) is 5.38. The van der Waals surface area contributed by atoms with Crippen LogP contribution in [0.4, 0.5) is 0 Å². The van der Waals surface area contributed by atoms with E-state index >= 15 is 0 Å². The van der Waals surface area contributed by atoms with E-state index in [1.54, 1.807) is 0 Å². The highest BCUT2D eigenvalue weighted by Gasteiger charge is 2.21. The van der Waals surface area contributed by atoms with Crippen LogP contribution in [0.5, 0.6) is 0 Å². The van der Waals surface area contributed by atoms with Crippen molar-refractivity contribution in [2.24, 2.45) is 10.9 Å². The van der Waals surface area contributed by atoms with Gasteiger partial charge < -0.3 is 15.0 Å². The predicted octanol–water partition coefficient (Wildman–Crippen LogP) is 3.12. The van der Waals surface area contributed by atoms with Crippen LogP contribution in [0.2, 0.25) is 0 Å². The summed E-state index contributed by atoms with van der Waals surface area (Å²) >= 11 is 0. The van der Waals surface area contributed by atoms with Crippen molar-refractivity contribution >= 4 is 29.9 Å². The molecule has 1 saturated carbocycles. The Morgan fingerprint density at radius 2 is 2.05 bits per heavy atom. The summed E-state index contributed by atoms with van der Waals surface area (Å²) in [5, 5.41) is 3.34. The van der Waals surface area contributed by atoms with E-state index in [1.807, 2.05) is 0 Å². The fourth-order valence-corrected chi connectivity index (χ4v) is 1.86. The minimum Gasteiger partial charge on any atom is -0.379 e. The number of hydrogen-bond acceptors (Lipinski definition) is 2. The quantitative estimate of drug-likeness (QED) is 0.266. The first kappa shape index (κ1) is 20.0. The van der Waals surface area contributed by atoms with E-state index in [-0.39, 0.29) is 24.0 Å². The average Bonchev–Trinajstić information content (AvgIpc) is 3.22. The van der Waals surface area contributed by atoms with E-state index in [9.17, 15) is 0 Å². The summed E-state index contributed by atoms with van der Waals surface area (Å²) in [4.78, 5) is 6.82. The number of nitrogens with one attached hydrogen (secondary N) is 1. The topological polar surface area (TPSA) is 36.9 Å². The molecule has 0 spiro atoms. The minimum atomic E-state index is 0. The van der Waals surface area contributed by atoms with Gasteiger partial charge in [-0.2, -0.15) is 0 Å². The number of hydrogen-bond donors (Lipinski definition) is 1. The third kappa shape index (κ3) is 9.80.